The van der Waals surface area contributed by atoms with Crippen LogP contribution < -0.4 is 10.1 Å². The highest BCUT2D eigenvalue weighted by molar-refractivity contribution is 5.48. The molecule has 0 saturated carbocycles. The van der Waals surface area contributed by atoms with Gasteiger partial charge in [-0.2, -0.15) is 0 Å². The van der Waals surface area contributed by atoms with Crippen molar-refractivity contribution < 1.29 is 4.74 Å². The molecule has 1 unspecified atom stereocenters. The molecule has 19 heavy (non-hydrogen) atoms. The fourth-order valence-electron chi connectivity index (χ4n) is 2.46. The van der Waals surface area contributed by atoms with Gasteiger partial charge in [0.2, 0.25) is 0 Å². The maximum Gasteiger partial charge on any atom is 0.122 e. The number of anilines is 1. The lowest BCUT2D eigenvalue weighted by Gasteiger charge is -2.16. The molecule has 0 saturated heterocycles. The molecular weight excluding hydrogens is 234 g/mol. The predicted octanol–water partition coefficient (Wildman–Crippen LogP) is 4.10. The van der Waals surface area contributed by atoms with E-state index >= 15 is 0 Å². The van der Waals surface area contributed by atoms with Crippen LogP contribution in [0.2, 0.25) is 0 Å². The summed E-state index contributed by atoms with van der Waals surface area (Å²) in [5.74, 6) is 1.05. The SMILES string of the molecule is Cc1ccc(NC(C)c2ccc3c(c2)CCO3)cc1. The summed E-state index contributed by atoms with van der Waals surface area (Å²) in [6, 6.07) is 15.3. The van der Waals surface area contributed by atoms with Gasteiger partial charge in [-0.05, 0) is 49.2 Å². The van der Waals surface area contributed by atoms with Crippen molar-refractivity contribution in [1.82, 2.24) is 0 Å². The van der Waals surface area contributed by atoms with E-state index in [2.05, 4.69) is 61.6 Å². The minimum absolute atomic E-state index is 0.300. The van der Waals surface area contributed by atoms with Crippen molar-refractivity contribution in [3.63, 3.8) is 0 Å². The molecule has 1 N–H and O–H groups in total. The van der Waals surface area contributed by atoms with Gasteiger partial charge in [0, 0.05) is 18.2 Å². The molecular formula is C17H19NO. The molecule has 98 valence electrons. The molecule has 0 fully saturated rings. The van der Waals surface area contributed by atoms with Crippen LogP contribution in [-0.4, -0.2) is 6.61 Å². The van der Waals surface area contributed by atoms with E-state index in [4.69, 9.17) is 4.74 Å². The van der Waals surface area contributed by atoms with E-state index in [1.165, 1.54) is 16.7 Å². The molecule has 2 aromatic carbocycles. The van der Waals surface area contributed by atoms with Gasteiger partial charge in [-0.3, -0.25) is 0 Å². The first-order valence-corrected chi connectivity index (χ1v) is 6.81. The van der Waals surface area contributed by atoms with Gasteiger partial charge in [-0.15, -0.1) is 0 Å². The average molecular weight is 253 g/mol. The Balaban J connectivity index is 1.76. The first-order valence-electron chi connectivity index (χ1n) is 6.81. The second kappa shape index (κ2) is 4.96. The van der Waals surface area contributed by atoms with Crippen molar-refractivity contribution in [1.29, 1.82) is 0 Å². The Kier molecular flexibility index (Phi) is 3.16. The third-order valence-corrected chi connectivity index (χ3v) is 3.65. The normalized spacial score (nSPS) is 14.6. The summed E-state index contributed by atoms with van der Waals surface area (Å²) in [6.07, 6.45) is 1.03. The number of hydrogen-bond donors (Lipinski definition) is 1. The molecule has 0 amide bonds. The van der Waals surface area contributed by atoms with Crippen molar-refractivity contribution >= 4 is 5.69 Å². The molecule has 1 aliphatic heterocycles. The van der Waals surface area contributed by atoms with E-state index in [0.717, 1.165) is 24.5 Å². The van der Waals surface area contributed by atoms with Crippen LogP contribution in [0, 0.1) is 6.92 Å². The predicted molar refractivity (Wildman–Crippen MR) is 78.9 cm³/mol. The second-order valence-corrected chi connectivity index (χ2v) is 5.20. The third kappa shape index (κ3) is 2.58. The summed E-state index contributed by atoms with van der Waals surface area (Å²) in [5.41, 5.74) is 5.09. The third-order valence-electron chi connectivity index (χ3n) is 3.65. The summed E-state index contributed by atoms with van der Waals surface area (Å²) in [4.78, 5) is 0. The van der Waals surface area contributed by atoms with Gasteiger partial charge in [0.05, 0.1) is 6.61 Å². The molecule has 2 heteroatoms. The summed E-state index contributed by atoms with van der Waals surface area (Å²) in [6.45, 7) is 5.11. The number of fused-ring (bicyclic) bond motifs is 1. The Labute approximate surface area is 114 Å². The molecule has 0 spiro atoms. The topological polar surface area (TPSA) is 21.3 Å². The number of aryl methyl sites for hydroxylation is 1. The Bertz CT molecular complexity index is 574. The van der Waals surface area contributed by atoms with Crippen LogP contribution >= 0.6 is 0 Å². The first kappa shape index (κ1) is 12.1. The molecule has 0 radical (unpaired) electrons. The van der Waals surface area contributed by atoms with Gasteiger partial charge in [0.15, 0.2) is 0 Å². The highest BCUT2D eigenvalue weighted by atomic mass is 16.5. The molecule has 1 aliphatic rings. The van der Waals surface area contributed by atoms with E-state index in [-0.39, 0.29) is 0 Å². The van der Waals surface area contributed by atoms with E-state index < -0.39 is 0 Å². The lowest BCUT2D eigenvalue weighted by atomic mass is 10.0. The lowest BCUT2D eigenvalue weighted by molar-refractivity contribution is 0.357. The Hall–Kier alpha value is -1.96. The Morgan fingerprint density at radius 3 is 2.68 bits per heavy atom. The van der Waals surface area contributed by atoms with Crippen LogP contribution in [0.15, 0.2) is 42.5 Å². The zero-order valence-electron chi connectivity index (χ0n) is 11.4. The zero-order valence-corrected chi connectivity index (χ0v) is 11.4. The minimum atomic E-state index is 0.300. The van der Waals surface area contributed by atoms with Gasteiger partial charge < -0.3 is 10.1 Å². The fraction of sp³-hybridized carbons (Fsp3) is 0.294. The summed E-state index contributed by atoms with van der Waals surface area (Å²) in [5, 5.41) is 3.54. The molecule has 2 aromatic rings. The average Bonchev–Trinajstić information content (AvgIpc) is 2.88. The quantitative estimate of drug-likeness (QED) is 0.889. The molecule has 0 aromatic heterocycles. The van der Waals surface area contributed by atoms with Crippen LogP contribution in [0.4, 0.5) is 5.69 Å². The van der Waals surface area contributed by atoms with E-state index in [9.17, 15) is 0 Å². The molecule has 1 heterocycles. The van der Waals surface area contributed by atoms with Crippen LogP contribution in [0.5, 0.6) is 5.75 Å². The van der Waals surface area contributed by atoms with Crippen LogP contribution in [0.25, 0.3) is 0 Å². The fourth-order valence-corrected chi connectivity index (χ4v) is 2.46. The van der Waals surface area contributed by atoms with E-state index in [1.54, 1.807) is 0 Å². The maximum atomic E-state index is 5.54. The largest absolute Gasteiger partial charge is 0.493 e. The zero-order chi connectivity index (χ0) is 13.2. The van der Waals surface area contributed by atoms with Gasteiger partial charge in [0.25, 0.3) is 0 Å². The molecule has 1 atom stereocenters. The van der Waals surface area contributed by atoms with Gasteiger partial charge in [-0.1, -0.05) is 23.8 Å². The summed E-state index contributed by atoms with van der Waals surface area (Å²) >= 11 is 0. The van der Waals surface area contributed by atoms with Gasteiger partial charge in [-0.25, -0.2) is 0 Å². The molecule has 3 rings (SSSR count). The highest BCUT2D eigenvalue weighted by Crippen LogP contribution is 2.29. The maximum absolute atomic E-state index is 5.54. The van der Waals surface area contributed by atoms with Crippen LogP contribution in [-0.2, 0) is 6.42 Å². The first-order chi connectivity index (χ1) is 9.22. The highest BCUT2D eigenvalue weighted by Gasteiger charge is 2.14. The van der Waals surface area contributed by atoms with Crippen molar-refractivity contribution in [2.75, 3.05) is 11.9 Å². The molecule has 0 bridgehead atoms. The van der Waals surface area contributed by atoms with E-state index in [0.29, 0.717) is 6.04 Å². The lowest BCUT2D eigenvalue weighted by Crippen LogP contribution is -2.06. The molecule has 0 aliphatic carbocycles. The van der Waals surface area contributed by atoms with E-state index in [1.807, 2.05) is 0 Å². The number of rotatable bonds is 3. The Morgan fingerprint density at radius 1 is 1.11 bits per heavy atom. The number of hydrogen-bond acceptors (Lipinski definition) is 2. The molecule has 2 nitrogen and oxygen atoms in total. The van der Waals surface area contributed by atoms with Gasteiger partial charge >= 0.3 is 0 Å². The summed E-state index contributed by atoms with van der Waals surface area (Å²) < 4.78 is 5.54. The van der Waals surface area contributed by atoms with Crippen molar-refractivity contribution in [2.24, 2.45) is 0 Å². The second-order valence-electron chi connectivity index (χ2n) is 5.20. The van der Waals surface area contributed by atoms with Crippen molar-refractivity contribution in [3.8, 4) is 5.75 Å². The van der Waals surface area contributed by atoms with Gasteiger partial charge in [0.1, 0.15) is 5.75 Å². The smallest absolute Gasteiger partial charge is 0.122 e. The summed E-state index contributed by atoms with van der Waals surface area (Å²) in [7, 11) is 0. The number of nitrogens with one attached hydrogen (secondary N) is 1. The Morgan fingerprint density at radius 2 is 1.89 bits per heavy atom. The standard InChI is InChI=1S/C17H19NO/c1-12-3-6-16(7-4-12)18-13(2)14-5-8-17-15(11-14)9-10-19-17/h3-8,11,13,18H,9-10H2,1-2H3. The van der Waals surface area contributed by atoms with Crippen LogP contribution in [0.3, 0.4) is 0 Å². The number of ether oxygens (including phenoxy) is 1. The van der Waals surface area contributed by atoms with Crippen molar-refractivity contribution in [2.45, 2.75) is 26.3 Å². The van der Waals surface area contributed by atoms with Crippen LogP contribution in [0.1, 0.15) is 29.7 Å². The monoisotopic (exact) mass is 253 g/mol. The minimum Gasteiger partial charge on any atom is -0.493 e. The van der Waals surface area contributed by atoms with Crippen molar-refractivity contribution in [3.05, 3.63) is 59.2 Å². The number of benzene rings is 2.